The van der Waals surface area contributed by atoms with Gasteiger partial charge in [-0.25, -0.2) is 0 Å². The summed E-state index contributed by atoms with van der Waals surface area (Å²) in [5.41, 5.74) is 1.08. The first kappa shape index (κ1) is 22.6. The lowest BCUT2D eigenvalue weighted by Crippen LogP contribution is -2.43. The molecule has 1 fully saturated rings. The van der Waals surface area contributed by atoms with Gasteiger partial charge in [-0.05, 0) is 63.1 Å². The summed E-state index contributed by atoms with van der Waals surface area (Å²) < 4.78 is 6.45. The fraction of sp³-hybridized carbons (Fsp3) is 0.857. The van der Waals surface area contributed by atoms with Gasteiger partial charge < -0.3 is 9.53 Å². The molecular formula is C21H40O3Si. The summed E-state index contributed by atoms with van der Waals surface area (Å²) in [5.74, 6) is 0.762. The van der Waals surface area contributed by atoms with Crippen LogP contribution in [0.3, 0.4) is 0 Å². The Hall–Kier alpha value is -0.453. The number of hydrogen-bond acceptors (Lipinski definition) is 3. The summed E-state index contributed by atoms with van der Waals surface area (Å²) in [6.45, 7) is 16.6. The first-order valence-electron chi connectivity index (χ1n) is 9.88. The van der Waals surface area contributed by atoms with Crippen molar-refractivity contribution in [2.24, 2.45) is 11.3 Å². The van der Waals surface area contributed by atoms with E-state index in [1.165, 1.54) is 5.57 Å². The molecule has 0 amide bonds. The molecule has 2 atom stereocenters. The van der Waals surface area contributed by atoms with Crippen LogP contribution in [0.2, 0.25) is 18.1 Å². The summed E-state index contributed by atoms with van der Waals surface area (Å²) in [6.07, 6.45) is 7.54. The monoisotopic (exact) mass is 368 g/mol. The molecule has 146 valence electrons. The zero-order valence-electron chi connectivity index (χ0n) is 17.6. The van der Waals surface area contributed by atoms with Crippen LogP contribution in [0, 0.1) is 11.3 Å². The van der Waals surface area contributed by atoms with Crippen LogP contribution in [0.15, 0.2) is 11.6 Å². The quantitative estimate of drug-likeness (QED) is 0.432. The molecule has 0 saturated heterocycles. The molecule has 0 heterocycles. The number of Topliss-reactive ketones (excluding diaryl/α,β-unsaturated/α-hetero) is 1. The van der Waals surface area contributed by atoms with E-state index in [0.717, 1.165) is 38.7 Å². The maximum atomic E-state index is 12.6. The largest absolute Gasteiger partial charge is 0.417 e. The number of aliphatic hydroxyl groups is 1. The van der Waals surface area contributed by atoms with Crippen molar-refractivity contribution in [3.8, 4) is 0 Å². The van der Waals surface area contributed by atoms with Crippen LogP contribution in [0.5, 0.6) is 0 Å². The Kier molecular flexibility index (Phi) is 8.10. The van der Waals surface area contributed by atoms with Gasteiger partial charge in [0.15, 0.2) is 8.32 Å². The summed E-state index contributed by atoms with van der Waals surface area (Å²) in [4.78, 5) is 12.6. The molecule has 1 aliphatic rings. The molecule has 0 aliphatic heterocycles. The molecule has 1 aliphatic carbocycles. The van der Waals surface area contributed by atoms with Crippen molar-refractivity contribution in [3.63, 3.8) is 0 Å². The molecule has 25 heavy (non-hydrogen) atoms. The minimum atomic E-state index is -1.77. The molecular weight excluding hydrogens is 328 g/mol. The summed E-state index contributed by atoms with van der Waals surface area (Å²) in [7, 11) is -1.77. The Morgan fingerprint density at radius 2 is 2.04 bits per heavy atom. The number of rotatable bonds is 9. The van der Waals surface area contributed by atoms with E-state index in [2.05, 4.69) is 53.8 Å². The Morgan fingerprint density at radius 1 is 1.40 bits per heavy atom. The van der Waals surface area contributed by atoms with E-state index in [1.54, 1.807) is 0 Å². The van der Waals surface area contributed by atoms with E-state index >= 15 is 0 Å². The summed E-state index contributed by atoms with van der Waals surface area (Å²) >= 11 is 0. The van der Waals surface area contributed by atoms with Gasteiger partial charge in [0.1, 0.15) is 5.78 Å². The van der Waals surface area contributed by atoms with Gasteiger partial charge in [-0.15, -0.1) is 0 Å². The average molecular weight is 369 g/mol. The fourth-order valence-electron chi connectivity index (χ4n) is 3.35. The Morgan fingerprint density at radius 3 is 2.60 bits per heavy atom. The molecule has 0 aromatic heterocycles. The molecule has 4 heteroatoms. The van der Waals surface area contributed by atoms with Gasteiger partial charge in [0.05, 0.1) is 0 Å². The van der Waals surface area contributed by atoms with E-state index in [1.807, 2.05) is 0 Å². The van der Waals surface area contributed by atoms with Crippen LogP contribution in [0.4, 0.5) is 0 Å². The highest BCUT2D eigenvalue weighted by molar-refractivity contribution is 6.74. The van der Waals surface area contributed by atoms with Crippen molar-refractivity contribution in [2.45, 2.75) is 91.3 Å². The van der Waals surface area contributed by atoms with Gasteiger partial charge in [0.25, 0.3) is 0 Å². The Balaban J connectivity index is 2.67. The topological polar surface area (TPSA) is 46.5 Å². The van der Waals surface area contributed by atoms with E-state index in [-0.39, 0.29) is 17.1 Å². The van der Waals surface area contributed by atoms with Crippen LogP contribution >= 0.6 is 0 Å². The molecule has 0 spiro atoms. The third-order valence-corrected chi connectivity index (χ3v) is 11.1. The highest BCUT2D eigenvalue weighted by Gasteiger charge is 2.46. The SMILES string of the molecule is C/C(=C\CC[C@]1(C)C(=O)CC[C@H]1CO[Si](C)(C)C(C)(C)C)CCCO. The molecule has 0 bridgehead atoms. The molecule has 0 radical (unpaired) electrons. The van der Waals surface area contributed by atoms with Gasteiger partial charge in [-0.3, -0.25) is 4.79 Å². The molecule has 0 unspecified atom stereocenters. The van der Waals surface area contributed by atoms with Crippen molar-refractivity contribution >= 4 is 14.1 Å². The van der Waals surface area contributed by atoms with E-state index < -0.39 is 8.32 Å². The number of hydrogen-bond donors (Lipinski definition) is 1. The maximum Gasteiger partial charge on any atom is 0.191 e. The van der Waals surface area contributed by atoms with E-state index in [9.17, 15) is 4.79 Å². The normalized spacial score (nSPS) is 25.7. The highest BCUT2D eigenvalue weighted by Crippen LogP contribution is 2.45. The molecule has 0 aromatic rings. The second-order valence-electron chi connectivity index (χ2n) is 9.56. The van der Waals surface area contributed by atoms with Crippen molar-refractivity contribution in [1.82, 2.24) is 0 Å². The van der Waals surface area contributed by atoms with Gasteiger partial charge >= 0.3 is 0 Å². The van der Waals surface area contributed by atoms with E-state index in [0.29, 0.717) is 18.1 Å². The number of carbonyl (C=O) groups excluding carboxylic acids is 1. The lowest BCUT2D eigenvalue weighted by atomic mass is 9.75. The van der Waals surface area contributed by atoms with Crippen LogP contribution in [0.1, 0.15) is 73.1 Å². The zero-order chi connectivity index (χ0) is 19.3. The molecule has 1 saturated carbocycles. The molecule has 3 nitrogen and oxygen atoms in total. The first-order chi connectivity index (χ1) is 11.4. The van der Waals surface area contributed by atoms with Crippen LogP contribution < -0.4 is 0 Å². The predicted molar refractivity (Wildman–Crippen MR) is 108 cm³/mol. The summed E-state index contributed by atoms with van der Waals surface area (Å²) in [5, 5.41) is 9.13. The predicted octanol–water partition coefficient (Wildman–Crippen LogP) is 5.49. The zero-order valence-corrected chi connectivity index (χ0v) is 18.6. The van der Waals surface area contributed by atoms with Crippen molar-refractivity contribution < 1.29 is 14.3 Å². The van der Waals surface area contributed by atoms with E-state index in [4.69, 9.17) is 9.53 Å². The molecule has 1 N–H and O–H groups in total. The highest BCUT2D eigenvalue weighted by atomic mass is 28.4. The number of carbonyl (C=O) groups is 1. The van der Waals surface area contributed by atoms with Gasteiger partial charge in [-0.1, -0.05) is 39.3 Å². The van der Waals surface area contributed by atoms with Gasteiger partial charge in [0.2, 0.25) is 0 Å². The van der Waals surface area contributed by atoms with Crippen LogP contribution in [0.25, 0.3) is 0 Å². The van der Waals surface area contributed by atoms with Gasteiger partial charge in [0, 0.05) is 25.0 Å². The van der Waals surface area contributed by atoms with Crippen molar-refractivity contribution in [2.75, 3.05) is 13.2 Å². The Labute approximate surface area is 156 Å². The minimum absolute atomic E-state index is 0.207. The second kappa shape index (κ2) is 8.96. The number of aliphatic hydroxyl groups excluding tert-OH is 1. The lowest BCUT2D eigenvalue weighted by molar-refractivity contribution is -0.127. The van der Waals surface area contributed by atoms with Crippen LogP contribution in [-0.2, 0) is 9.22 Å². The third kappa shape index (κ3) is 6.04. The second-order valence-corrected chi connectivity index (χ2v) is 14.4. The fourth-order valence-corrected chi connectivity index (χ4v) is 4.40. The average Bonchev–Trinajstić information content (AvgIpc) is 2.77. The molecule has 1 rings (SSSR count). The maximum absolute atomic E-state index is 12.6. The molecule has 0 aromatic carbocycles. The first-order valence-corrected chi connectivity index (χ1v) is 12.8. The van der Waals surface area contributed by atoms with Crippen LogP contribution in [-0.4, -0.2) is 32.4 Å². The standard InChI is InChI=1S/C21H40O3Si/c1-17(11-9-15-22)10-8-14-21(5)18(12-13-19(21)23)16-24-25(6,7)20(2,3)4/h10,18,22H,8-9,11-16H2,1-7H3/b17-10+/t18-,21-/m0/s1. The Bertz CT molecular complexity index is 476. The smallest absolute Gasteiger partial charge is 0.191 e. The van der Waals surface area contributed by atoms with Gasteiger partial charge in [-0.2, -0.15) is 0 Å². The summed E-state index contributed by atoms with van der Waals surface area (Å²) in [6, 6.07) is 0. The number of ketones is 1. The van der Waals surface area contributed by atoms with Crippen molar-refractivity contribution in [3.05, 3.63) is 11.6 Å². The third-order valence-electron chi connectivity index (χ3n) is 6.60. The number of allylic oxidation sites excluding steroid dienone is 2. The lowest BCUT2D eigenvalue weighted by Gasteiger charge is -2.39. The van der Waals surface area contributed by atoms with Crippen molar-refractivity contribution in [1.29, 1.82) is 0 Å². The minimum Gasteiger partial charge on any atom is -0.417 e.